The summed E-state index contributed by atoms with van der Waals surface area (Å²) in [6, 6.07) is 0.318. The average molecular weight is 336 g/mol. The van der Waals surface area contributed by atoms with Gasteiger partial charge in [0.15, 0.2) is 5.75 Å². The fourth-order valence-corrected chi connectivity index (χ4v) is 1.51. The van der Waals surface area contributed by atoms with E-state index in [1.54, 1.807) is 0 Å². The van der Waals surface area contributed by atoms with E-state index in [1.807, 2.05) is 0 Å². The third-order valence-corrected chi connectivity index (χ3v) is 2.17. The number of hydrogen-bond donors (Lipinski definition) is 1. The third-order valence-electron chi connectivity index (χ3n) is 1.63. The molecule has 0 radical (unpaired) electrons. The Morgan fingerprint density at radius 2 is 2.00 bits per heavy atom. The summed E-state index contributed by atoms with van der Waals surface area (Å²) in [6.45, 7) is 0. The van der Waals surface area contributed by atoms with Gasteiger partial charge >= 0.3 is 12.3 Å². The Bertz CT molecular complexity index is 477. The van der Waals surface area contributed by atoms with Crippen LogP contribution in [0, 0.1) is 0 Å². The molecule has 0 fully saturated rings. The van der Waals surface area contributed by atoms with Crippen molar-refractivity contribution in [3.05, 3.63) is 21.9 Å². The lowest BCUT2D eigenvalue weighted by Gasteiger charge is -2.14. The van der Waals surface area contributed by atoms with Crippen LogP contribution < -0.4 is 4.74 Å². The summed E-state index contributed by atoms with van der Waals surface area (Å²) in [4.78, 5) is 13.7. The largest absolute Gasteiger partial charge is 0.573 e. The Kier molecular flexibility index (Phi) is 4.09. The van der Waals surface area contributed by atoms with Crippen LogP contribution in [0.2, 0.25) is 0 Å². The van der Waals surface area contributed by atoms with Gasteiger partial charge in [-0.3, -0.25) is 0 Å². The van der Waals surface area contributed by atoms with Gasteiger partial charge in [-0.1, -0.05) is 0 Å². The molecule has 1 N–H and O–H groups in total. The van der Waals surface area contributed by atoms with Gasteiger partial charge in [0.05, 0.1) is 5.56 Å². The smallest absolute Gasteiger partial charge is 0.477 e. The second-order valence-electron chi connectivity index (χ2n) is 2.87. The molecule has 0 unspecified atom stereocenters. The average Bonchev–Trinajstić information content (AvgIpc) is 2.18. The molecule has 1 aromatic heterocycles. The lowest BCUT2D eigenvalue weighted by Crippen LogP contribution is -2.19. The van der Waals surface area contributed by atoms with Gasteiger partial charge in [-0.2, -0.15) is 0 Å². The minimum atomic E-state index is -5.20. The Labute approximate surface area is 105 Å². The van der Waals surface area contributed by atoms with Gasteiger partial charge in [0.1, 0.15) is 10.3 Å². The van der Waals surface area contributed by atoms with Gasteiger partial charge < -0.3 is 9.84 Å². The number of pyridine rings is 1. The van der Waals surface area contributed by atoms with Crippen LogP contribution in [0.4, 0.5) is 22.0 Å². The molecule has 0 atom stereocenters. The van der Waals surface area contributed by atoms with Crippen molar-refractivity contribution >= 4 is 21.9 Å². The zero-order valence-electron chi connectivity index (χ0n) is 8.13. The summed E-state index contributed by atoms with van der Waals surface area (Å²) in [7, 11) is 0. The first-order valence-corrected chi connectivity index (χ1v) is 4.88. The molecule has 0 saturated carbocycles. The molecule has 0 aliphatic heterocycles. The highest BCUT2D eigenvalue weighted by atomic mass is 79.9. The van der Waals surface area contributed by atoms with Crippen molar-refractivity contribution in [1.82, 2.24) is 4.98 Å². The van der Waals surface area contributed by atoms with E-state index in [9.17, 15) is 26.7 Å². The molecule has 0 aliphatic rings. The predicted molar refractivity (Wildman–Crippen MR) is 50.5 cm³/mol. The van der Waals surface area contributed by atoms with E-state index in [4.69, 9.17) is 5.11 Å². The van der Waals surface area contributed by atoms with E-state index >= 15 is 0 Å². The second kappa shape index (κ2) is 5.04. The van der Waals surface area contributed by atoms with E-state index in [0.29, 0.717) is 6.07 Å². The van der Waals surface area contributed by atoms with Crippen LogP contribution >= 0.6 is 15.9 Å². The topological polar surface area (TPSA) is 59.4 Å². The fourth-order valence-electron chi connectivity index (χ4n) is 1.01. The number of aromatic nitrogens is 1. The number of hydrogen-bond acceptors (Lipinski definition) is 3. The van der Waals surface area contributed by atoms with Crippen molar-refractivity contribution in [1.29, 1.82) is 0 Å². The Morgan fingerprint density at radius 1 is 1.44 bits per heavy atom. The Balaban J connectivity index is 3.36. The molecule has 0 amide bonds. The third kappa shape index (κ3) is 3.52. The molecule has 0 bridgehead atoms. The van der Waals surface area contributed by atoms with Gasteiger partial charge in [-0.15, -0.1) is 13.2 Å². The summed E-state index contributed by atoms with van der Waals surface area (Å²) >= 11 is 2.45. The van der Waals surface area contributed by atoms with Crippen LogP contribution in [0.1, 0.15) is 22.5 Å². The predicted octanol–water partition coefficient (Wildman–Crippen LogP) is 3.38. The van der Waals surface area contributed by atoms with E-state index < -0.39 is 40.4 Å². The van der Waals surface area contributed by atoms with Gasteiger partial charge in [-0.05, 0) is 22.0 Å². The number of rotatable bonds is 3. The highest BCUT2D eigenvalue weighted by Crippen LogP contribution is 2.38. The molecule has 10 heteroatoms. The fraction of sp³-hybridized carbons (Fsp3) is 0.250. The molecule has 100 valence electrons. The van der Waals surface area contributed by atoms with Crippen molar-refractivity contribution < 1.29 is 36.6 Å². The van der Waals surface area contributed by atoms with Gasteiger partial charge in [-0.25, -0.2) is 18.6 Å². The van der Waals surface area contributed by atoms with Crippen LogP contribution in [-0.4, -0.2) is 22.4 Å². The van der Waals surface area contributed by atoms with Gasteiger partial charge in [0, 0.05) is 0 Å². The van der Waals surface area contributed by atoms with Crippen LogP contribution in [0.5, 0.6) is 5.75 Å². The van der Waals surface area contributed by atoms with Crippen molar-refractivity contribution in [2.24, 2.45) is 0 Å². The highest BCUT2D eigenvalue weighted by Gasteiger charge is 2.35. The first-order chi connectivity index (χ1) is 8.11. The number of carbonyl (C=O) groups is 1. The van der Waals surface area contributed by atoms with Crippen LogP contribution in [-0.2, 0) is 0 Å². The number of alkyl halides is 5. The van der Waals surface area contributed by atoms with E-state index in [2.05, 4.69) is 25.7 Å². The van der Waals surface area contributed by atoms with Gasteiger partial charge in [0.2, 0.25) is 0 Å². The first-order valence-electron chi connectivity index (χ1n) is 4.09. The minimum Gasteiger partial charge on any atom is -0.477 e. The molecule has 0 aliphatic carbocycles. The quantitative estimate of drug-likeness (QED) is 0.679. The number of nitrogens with zero attached hydrogens (tertiary/aromatic N) is 1. The summed E-state index contributed by atoms with van der Waals surface area (Å²) in [5.74, 6) is -2.92. The van der Waals surface area contributed by atoms with E-state index in [-0.39, 0.29) is 0 Å². The normalized spacial score (nSPS) is 11.7. The first kappa shape index (κ1) is 14.6. The molecule has 1 rings (SSSR count). The lowest BCUT2D eigenvalue weighted by molar-refractivity contribution is -0.275. The second-order valence-corrected chi connectivity index (χ2v) is 3.62. The minimum absolute atomic E-state index is 0.318. The molecule has 0 saturated heterocycles. The van der Waals surface area contributed by atoms with Crippen molar-refractivity contribution in [3.8, 4) is 5.75 Å². The summed E-state index contributed by atoms with van der Waals surface area (Å²) < 4.78 is 63.7. The zero-order valence-corrected chi connectivity index (χ0v) is 9.72. The van der Waals surface area contributed by atoms with E-state index in [0.717, 1.165) is 0 Å². The monoisotopic (exact) mass is 335 g/mol. The Hall–Kier alpha value is -1.45. The van der Waals surface area contributed by atoms with Crippen molar-refractivity contribution in [3.63, 3.8) is 0 Å². The molecule has 1 heterocycles. The van der Waals surface area contributed by atoms with Gasteiger partial charge in [0.25, 0.3) is 6.43 Å². The number of carboxylic acid groups (broad SMARTS) is 1. The summed E-state index contributed by atoms with van der Waals surface area (Å²) in [5.41, 5.74) is -2.04. The number of aromatic carboxylic acids is 1. The molecule has 0 aromatic carbocycles. The maximum absolute atomic E-state index is 12.5. The Morgan fingerprint density at radius 3 is 2.39 bits per heavy atom. The summed E-state index contributed by atoms with van der Waals surface area (Å²) in [5, 5.41) is 8.55. The molecule has 1 aromatic rings. The SMILES string of the molecule is O=C(O)c1cc(C(F)F)c(OC(F)(F)F)c(Br)n1. The standard InChI is InChI=1S/C8H3BrF5NO3/c9-5-4(18-8(12,13)14)2(6(10)11)1-3(15-5)7(16)17/h1,6H,(H,16,17). The summed E-state index contributed by atoms with van der Waals surface area (Å²) in [6.07, 6.45) is -8.54. The molecular formula is C8H3BrF5NO3. The molecule has 0 spiro atoms. The van der Waals surface area contributed by atoms with Crippen molar-refractivity contribution in [2.75, 3.05) is 0 Å². The number of halogens is 6. The van der Waals surface area contributed by atoms with Crippen LogP contribution in [0.25, 0.3) is 0 Å². The molecule has 18 heavy (non-hydrogen) atoms. The highest BCUT2D eigenvalue weighted by molar-refractivity contribution is 9.10. The van der Waals surface area contributed by atoms with E-state index in [1.165, 1.54) is 0 Å². The maximum Gasteiger partial charge on any atom is 0.573 e. The van der Waals surface area contributed by atoms with Crippen LogP contribution in [0.3, 0.4) is 0 Å². The lowest BCUT2D eigenvalue weighted by atomic mass is 10.2. The number of ether oxygens (including phenoxy) is 1. The number of carboxylic acids is 1. The zero-order chi connectivity index (χ0) is 14.1. The molecule has 4 nitrogen and oxygen atoms in total. The van der Waals surface area contributed by atoms with Crippen LogP contribution in [0.15, 0.2) is 10.7 Å². The maximum atomic E-state index is 12.5. The van der Waals surface area contributed by atoms with Crippen molar-refractivity contribution in [2.45, 2.75) is 12.8 Å². The molecular weight excluding hydrogens is 333 g/mol.